The minimum Gasteiger partial charge on any atom is -0.343 e. The molecule has 0 spiro atoms. The van der Waals surface area contributed by atoms with Crippen molar-refractivity contribution in [1.82, 2.24) is 19.5 Å². The molecule has 1 aromatic carbocycles. The van der Waals surface area contributed by atoms with Crippen molar-refractivity contribution in [3.8, 4) is 0 Å². The third-order valence-electron chi connectivity index (χ3n) is 4.60. The number of benzene rings is 1. The number of anilines is 1. The van der Waals surface area contributed by atoms with Gasteiger partial charge in [0.05, 0.1) is 11.9 Å². The summed E-state index contributed by atoms with van der Waals surface area (Å²) in [6, 6.07) is 7.95. The lowest BCUT2D eigenvalue weighted by Crippen LogP contribution is -2.48. The Bertz CT molecular complexity index is 858. The van der Waals surface area contributed by atoms with E-state index in [1.807, 2.05) is 46.8 Å². The second kappa shape index (κ2) is 6.48. The maximum absolute atomic E-state index is 12.7. The Balaban J connectivity index is 1.41. The van der Waals surface area contributed by atoms with Gasteiger partial charge in [0.15, 0.2) is 0 Å². The number of aryl methyl sites for hydroxylation is 2. The molecule has 3 aromatic rings. The second-order valence-electron chi connectivity index (χ2n) is 6.32. The highest BCUT2D eigenvalue weighted by atomic mass is 32.1. The summed E-state index contributed by atoms with van der Waals surface area (Å²) in [6.45, 7) is 7.12. The zero-order chi connectivity index (χ0) is 17.4. The van der Waals surface area contributed by atoms with Crippen LogP contribution in [0.5, 0.6) is 0 Å². The number of fused-ring (bicyclic) bond motifs is 1. The molecule has 4 rings (SSSR count). The van der Waals surface area contributed by atoms with Crippen molar-refractivity contribution in [3.05, 3.63) is 47.3 Å². The summed E-state index contributed by atoms with van der Waals surface area (Å²) in [4.78, 5) is 22.2. The molecule has 3 heterocycles. The molecule has 1 fully saturated rings. The molecule has 130 valence electrons. The number of hydrogen-bond donors (Lipinski definition) is 0. The molecule has 1 amide bonds. The standard InChI is InChI=1S/C18H21N5OS/c1-3-14-4-6-15(7-5-14)16(24)21-8-10-22(11-9-21)18-20-23-12-13(2)19-17(23)25-18/h4-7,12H,3,8-11H2,1-2H3. The number of rotatable bonds is 3. The number of piperazine rings is 1. The van der Waals surface area contributed by atoms with Crippen LogP contribution in [0.4, 0.5) is 5.13 Å². The van der Waals surface area contributed by atoms with Gasteiger partial charge in [-0.25, -0.2) is 9.50 Å². The van der Waals surface area contributed by atoms with Gasteiger partial charge < -0.3 is 9.80 Å². The highest BCUT2D eigenvalue weighted by Gasteiger charge is 2.24. The number of carbonyl (C=O) groups is 1. The molecule has 6 nitrogen and oxygen atoms in total. The zero-order valence-electron chi connectivity index (χ0n) is 14.5. The van der Waals surface area contributed by atoms with Crippen molar-refractivity contribution in [2.75, 3.05) is 31.1 Å². The number of imidazole rings is 1. The Hall–Kier alpha value is -2.41. The first-order chi connectivity index (χ1) is 12.1. The van der Waals surface area contributed by atoms with Crippen molar-refractivity contribution in [2.45, 2.75) is 20.3 Å². The van der Waals surface area contributed by atoms with Gasteiger partial charge in [-0.1, -0.05) is 30.4 Å². The molecule has 1 saturated heterocycles. The number of aromatic nitrogens is 3. The molecular weight excluding hydrogens is 334 g/mol. The average Bonchev–Trinajstić information content (AvgIpc) is 3.19. The molecule has 0 radical (unpaired) electrons. The Labute approximate surface area is 150 Å². The van der Waals surface area contributed by atoms with Gasteiger partial charge in [-0.15, -0.1) is 5.10 Å². The first-order valence-corrected chi connectivity index (χ1v) is 9.41. The van der Waals surface area contributed by atoms with E-state index in [0.29, 0.717) is 0 Å². The molecule has 0 aliphatic carbocycles. The number of nitrogens with zero attached hydrogens (tertiary/aromatic N) is 5. The van der Waals surface area contributed by atoms with Crippen LogP contribution in [0.2, 0.25) is 0 Å². The molecule has 1 aliphatic rings. The molecule has 0 unspecified atom stereocenters. The van der Waals surface area contributed by atoms with Crippen molar-refractivity contribution in [3.63, 3.8) is 0 Å². The summed E-state index contributed by atoms with van der Waals surface area (Å²) < 4.78 is 1.84. The number of amides is 1. The first-order valence-electron chi connectivity index (χ1n) is 8.60. The van der Waals surface area contributed by atoms with E-state index < -0.39 is 0 Å². The Morgan fingerprint density at radius 2 is 1.88 bits per heavy atom. The van der Waals surface area contributed by atoms with Crippen LogP contribution >= 0.6 is 11.3 Å². The summed E-state index contributed by atoms with van der Waals surface area (Å²) in [5.41, 5.74) is 3.01. The van der Waals surface area contributed by atoms with E-state index in [1.54, 1.807) is 11.3 Å². The summed E-state index contributed by atoms with van der Waals surface area (Å²) in [5, 5.41) is 5.57. The molecule has 2 aromatic heterocycles. The van der Waals surface area contributed by atoms with Crippen molar-refractivity contribution < 1.29 is 4.79 Å². The summed E-state index contributed by atoms with van der Waals surface area (Å²) in [5.74, 6) is 0.117. The highest BCUT2D eigenvalue weighted by molar-refractivity contribution is 7.20. The Morgan fingerprint density at radius 1 is 1.16 bits per heavy atom. The van der Waals surface area contributed by atoms with E-state index in [4.69, 9.17) is 0 Å². The fraction of sp³-hybridized carbons (Fsp3) is 0.389. The van der Waals surface area contributed by atoms with Crippen LogP contribution in [0.25, 0.3) is 4.96 Å². The SMILES string of the molecule is CCc1ccc(C(=O)N2CCN(c3nn4cc(C)nc4s3)CC2)cc1. The second-order valence-corrected chi connectivity index (χ2v) is 7.26. The van der Waals surface area contributed by atoms with Gasteiger partial charge in [0.25, 0.3) is 5.91 Å². The van der Waals surface area contributed by atoms with E-state index in [2.05, 4.69) is 21.9 Å². The summed E-state index contributed by atoms with van der Waals surface area (Å²) >= 11 is 1.60. The van der Waals surface area contributed by atoms with E-state index in [-0.39, 0.29) is 5.91 Å². The zero-order valence-corrected chi connectivity index (χ0v) is 15.3. The lowest BCUT2D eigenvalue weighted by atomic mass is 10.1. The number of hydrogen-bond acceptors (Lipinski definition) is 5. The van der Waals surface area contributed by atoms with Crippen molar-refractivity contribution in [1.29, 1.82) is 0 Å². The molecule has 0 atom stereocenters. The maximum Gasteiger partial charge on any atom is 0.253 e. The fourth-order valence-electron chi connectivity index (χ4n) is 3.09. The molecular formula is C18H21N5OS. The fourth-order valence-corrected chi connectivity index (χ4v) is 4.07. The van der Waals surface area contributed by atoms with Gasteiger partial charge in [-0.2, -0.15) is 0 Å². The third kappa shape index (κ3) is 3.11. The molecule has 1 aliphatic heterocycles. The molecule has 0 bridgehead atoms. The lowest BCUT2D eigenvalue weighted by Gasteiger charge is -2.34. The normalized spacial score (nSPS) is 15.1. The minimum absolute atomic E-state index is 0.117. The molecule has 7 heteroatoms. The molecule has 0 N–H and O–H groups in total. The number of carbonyl (C=O) groups excluding carboxylic acids is 1. The lowest BCUT2D eigenvalue weighted by molar-refractivity contribution is 0.0746. The Kier molecular flexibility index (Phi) is 4.17. The van der Waals surface area contributed by atoms with Crippen LogP contribution in [-0.4, -0.2) is 51.6 Å². The molecule has 25 heavy (non-hydrogen) atoms. The van der Waals surface area contributed by atoms with Gasteiger partial charge in [0.2, 0.25) is 10.1 Å². The van der Waals surface area contributed by atoms with Crippen molar-refractivity contribution >= 4 is 27.3 Å². The van der Waals surface area contributed by atoms with Crippen LogP contribution in [-0.2, 0) is 6.42 Å². The van der Waals surface area contributed by atoms with Crippen molar-refractivity contribution in [2.24, 2.45) is 0 Å². The minimum atomic E-state index is 0.117. The smallest absolute Gasteiger partial charge is 0.253 e. The van der Waals surface area contributed by atoms with E-state index in [0.717, 1.165) is 53.9 Å². The van der Waals surface area contributed by atoms with E-state index in [9.17, 15) is 4.79 Å². The van der Waals surface area contributed by atoms with Crippen LogP contribution in [0, 0.1) is 6.92 Å². The van der Waals surface area contributed by atoms with Crippen LogP contribution in [0.3, 0.4) is 0 Å². The van der Waals surface area contributed by atoms with Gasteiger partial charge in [-0.3, -0.25) is 4.79 Å². The topological polar surface area (TPSA) is 53.7 Å². The Morgan fingerprint density at radius 3 is 2.52 bits per heavy atom. The maximum atomic E-state index is 12.7. The largest absolute Gasteiger partial charge is 0.343 e. The van der Waals surface area contributed by atoms with E-state index >= 15 is 0 Å². The van der Waals surface area contributed by atoms with Gasteiger partial charge in [0, 0.05) is 31.7 Å². The van der Waals surface area contributed by atoms with Crippen LogP contribution < -0.4 is 4.90 Å². The highest BCUT2D eigenvalue weighted by Crippen LogP contribution is 2.24. The van der Waals surface area contributed by atoms with Gasteiger partial charge in [-0.05, 0) is 31.0 Å². The summed E-state index contributed by atoms with van der Waals surface area (Å²) in [6.07, 6.45) is 2.93. The van der Waals surface area contributed by atoms with Crippen LogP contribution in [0.1, 0.15) is 28.5 Å². The molecule has 0 saturated carbocycles. The average molecular weight is 355 g/mol. The first kappa shape index (κ1) is 16.1. The quantitative estimate of drug-likeness (QED) is 0.725. The van der Waals surface area contributed by atoms with Gasteiger partial charge >= 0.3 is 0 Å². The predicted molar refractivity (Wildman–Crippen MR) is 99.5 cm³/mol. The van der Waals surface area contributed by atoms with Gasteiger partial charge in [0.1, 0.15) is 0 Å². The predicted octanol–water partition coefficient (Wildman–Crippen LogP) is 2.62. The monoisotopic (exact) mass is 355 g/mol. The summed E-state index contributed by atoms with van der Waals surface area (Å²) in [7, 11) is 0. The van der Waals surface area contributed by atoms with Crippen LogP contribution in [0.15, 0.2) is 30.5 Å². The van der Waals surface area contributed by atoms with E-state index in [1.165, 1.54) is 5.56 Å². The third-order valence-corrected chi connectivity index (χ3v) is 5.58.